The van der Waals surface area contributed by atoms with Gasteiger partial charge in [-0.25, -0.2) is 0 Å². The Kier molecular flexibility index (Phi) is 5.41. The molecular formula is C16H23NO3. The molecule has 20 heavy (non-hydrogen) atoms. The van der Waals surface area contributed by atoms with Gasteiger partial charge in [0.1, 0.15) is 5.75 Å². The molecule has 1 aromatic rings. The van der Waals surface area contributed by atoms with Crippen LogP contribution in [0, 0.1) is 0 Å². The van der Waals surface area contributed by atoms with Gasteiger partial charge in [-0.3, -0.25) is 4.79 Å². The van der Waals surface area contributed by atoms with E-state index in [0.29, 0.717) is 39.0 Å². The van der Waals surface area contributed by atoms with E-state index in [1.165, 1.54) is 0 Å². The van der Waals surface area contributed by atoms with E-state index in [9.17, 15) is 9.90 Å². The number of likely N-dealkylation sites (tertiary alicyclic amines) is 1. The first-order chi connectivity index (χ1) is 9.69. The number of carbonyl (C=O) groups excluding carboxylic acids is 1. The summed E-state index contributed by atoms with van der Waals surface area (Å²) >= 11 is 0. The molecule has 0 spiro atoms. The summed E-state index contributed by atoms with van der Waals surface area (Å²) in [6, 6.07) is 7.73. The minimum atomic E-state index is -0.246. The summed E-state index contributed by atoms with van der Waals surface area (Å²) < 4.78 is 5.58. The molecule has 110 valence electrons. The molecule has 2 rings (SSSR count). The fourth-order valence-corrected chi connectivity index (χ4v) is 2.37. The second-order valence-electron chi connectivity index (χ2n) is 5.28. The van der Waals surface area contributed by atoms with Crippen molar-refractivity contribution < 1.29 is 14.6 Å². The summed E-state index contributed by atoms with van der Waals surface area (Å²) in [5.41, 5.74) is 0.981. The van der Waals surface area contributed by atoms with E-state index in [2.05, 4.69) is 6.92 Å². The van der Waals surface area contributed by atoms with Crippen molar-refractivity contribution in [2.45, 2.75) is 38.7 Å². The van der Waals surface area contributed by atoms with Crippen LogP contribution in [0.15, 0.2) is 24.3 Å². The number of carbonyl (C=O) groups is 1. The molecule has 0 aliphatic carbocycles. The Hall–Kier alpha value is -1.55. The highest BCUT2D eigenvalue weighted by Crippen LogP contribution is 2.16. The minimum absolute atomic E-state index is 0.129. The number of hydrogen-bond acceptors (Lipinski definition) is 3. The number of hydrogen-bond donors (Lipinski definition) is 1. The Balaban J connectivity index is 1.90. The molecule has 0 radical (unpaired) electrons. The van der Waals surface area contributed by atoms with E-state index in [-0.39, 0.29) is 12.0 Å². The quantitative estimate of drug-likeness (QED) is 0.895. The van der Waals surface area contributed by atoms with Gasteiger partial charge in [-0.05, 0) is 37.0 Å². The first kappa shape index (κ1) is 14.9. The lowest BCUT2D eigenvalue weighted by Crippen LogP contribution is -2.40. The van der Waals surface area contributed by atoms with Crippen molar-refractivity contribution in [1.82, 2.24) is 4.90 Å². The van der Waals surface area contributed by atoms with Gasteiger partial charge in [0, 0.05) is 13.1 Å². The topological polar surface area (TPSA) is 49.8 Å². The minimum Gasteiger partial charge on any atom is -0.494 e. The highest BCUT2D eigenvalue weighted by Gasteiger charge is 2.21. The molecule has 1 fully saturated rings. The maximum atomic E-state index is 12.2. The van der Waals surface area contributed by atoms with Gasteiger partial charge in [-0.2, -0.15) is 0 Å². The predicted octanol–water partition coefficient (Wildman–Crippen LogP) is 2.00. The standard InChI is InChI=1S/C16H23NO3/c1-2-10-20-15-5-3-4-13(11-15)12-16(19)17-8-6-14(18)7-9-17/h3-5,11,14,18H,2,6-10,12H2,1H3. The first-order valence-electron chi connectivity index (χ1n) is 7.36. The number of aliphatic hydroxyl groups excluding tert-OH is 1. The van der Waals surface area contributed by atoms with Crippen LogP contribution in [0.5, 0.6) is 5.75 Å². The van der Waals surface area contributed by atoms with E-state index < -0.39 is 0 Å². The second kappa shape index (κ2) is 7.29. The van der Waals surface area contributed by atoms with Crippen LogP contribution in [-0.4, -0.2) is 41.7 Å². The molecule has 1 saturated heterocycles. The third-order valence-corrected chi connectivity index (χ3v) is 3.54. The van der Waals surface area contributed by atoms with E-state index in [4.69, 9.17) is 4.74 Å². The predicted molar refractivity (Wildman–Crippen MR) is 77.8 cm³/mol. The molecule has 0 atom stereocenters. The molecule has 0 unspecified atom stereocenters. The molecule has 1 aliphatic rings. The smallest absolute Gasteiger partial charge is 0.226 e. The van der Waals surface area contributed by atoms with Crippen molar-refractivity contribution in [3.63, 3.8) is 0 Å². The van der Waals surface area contributed by atoms with Gasteiger partial charge in [0.2, 0.25) is 5.91 Å². The lowest BCUT2D eigenvalue weighted by Gasteiger charge is -2.29. The van der Waals surface area contributed by atoms with Gasteiger partial charge in [0.25, 0.3) is 0 Å². The van der Waals surface area contributed by atoms with Crippen molar-refractivity contribution in [3.05, 3.63) is 29.8 Å². The monoisotopic (exact) mass is 277 g/mol. The average Bonchev–Trinajstić information content (AvgIpc) is 2.46. The summed E-state index contributed by atoms with van der Waals surface area (Å²) in [6.45, 7) is 4.08. The third-order valence-electron chi connectivity index (χ3n) is 3.54. The fourth-order valence-electron chi connectivity index (χ4n) is 2.37. The Bertz CT molecular complexity index is 439. The SMILES string of the molecule is CCCOc1cccc(CC(=O)N2CCC(O)CC2)c1. The van der Waals surface area contributed by atoms with Crippen LogP contribution in [0.1, 0.15) is 31.7 Å². The summed E-state index contributed by atoms with van der Waals surface area (Å²) in [4.78, 5) is 14.0. The van der Waals surface area contributed by atoms with Gasteiger partial charge in [-0.1, -0.05) is 19.1 Å². The Morgan fingerprint density at radius 3 is 2.85 bits per heavy atom. The Labute approximate surface area is 120 Å². The first-order valence-corrected chi connectivity index (χ1v) is 7.36. The zero-order chi connectivity index (χ0) is 14.4. The van der Waals surface area contributed by atoms with Gasteiger partial charge < -0.3 is 14.7 Å². The zero-order valence-corrected chi connectivity index (χ0v) is 12.0. The number of amides is 1. The largest absolute Gasteiger partial charge is 0.494 e. The van der Waals surface area contributed by atoms with E-state index in [0.717, 1.165) is 17.7 Å². The molecule has 1 aromatic carbocycles. The van der Waals surface area contributed by atoms with Gasteiger partial charge in [-0.15, -0.1) is 0 Å². The van der Waals surface area contributed by atoms with Crippen molar-refractivity contribution in [1.29, 1.82) is 0 Å². The van der Waals surface area contributed by atoms with Crippen LogP contribution in [0.4, 0.5) is 0 Å². The van der Waals surface area contributed by atoms with E-state index >= 15 is 0 Å². The van der Waals surface area contributed by atoms with Crippen LogP contribution in [0.2, 0.25) is 0 Å². The summed E-state index contributed by atoms with van der Waals surface area (Å²) in [5, 5.41) is 9.46. The van der Waals surface area contributed by atoms with E-state index in [1.807, 2.05) is 29.2 Å². The molecule has 0 saturated carbocycles. The summed E-state index contributed by atoms with van der Waals surface area (Å²) in [6.07, 6.45) is 2.50. The lowest BCUT2D eigenvalue weighted by molar-refractivity contribution is -0.132. The van der Waals surface area contributed by atoms with Crippen molar-refractivity contribution in [3.8, 4) is 5.75 Å². The van der Waals surface area contributed by atoms with Crippen molar-refractivity contribution in [2.75, 3.05) is 19.7 Å². The van der Waals surface area contributed by atoms with Crippen molar-refractivity contribution >= 4 is 5.91 Å². The number of rotatable bonds is 5. The number of benzene rings is 1. The fraction of sp³-hybridized carbons (Fsp3) is 0.562. The molecule has 1 amide bonds. The van der Waals surface area contributed by atoms with Crippen LogP contribution in [0.25, 0.3) is 0 Å². The maximum Gasteiger partial charge on any atom is 0.226 e. The molecular weight excluding hydrogens is 254 g/mol. The molecule has 4 heteroatoms. The van der Waals surface area contributed by atoms with Crippen LogP contribution in [-0.2, 0) is 11.2 Å². The molecule has 1 heterocycles. The molecule has 0 aromatic heterocycles. The maximum absolute atomic E-state index is 12.2. The molecule has 1 N–H and O–H groups in total. The zero-order valence-electron chi connectivity index (χ0n) is 12.0. The van der Waals surface area contributed by atoms with Gasteiger partial charge in [0.15, 0.2) is 0 Å². The second-order valence-corrected chi connectivity index (χ2v) is 5.28. The van der Waals surface area contributed by atoms with Crippen molar-refractivity contribution in [2.24, 2.45) is 0 Å². The number of ether oxygens (including phenoxy) is 1. The molecule has 4 nitrogen and oxygen atoms in total. The number of piperidine rings is 1. The lowest BCUT2D eigenvalue weighted by atomic mass is 10.1. The average molecular weight is 277 g/mol. The van der Waals surface area contributed by atoms with Gasteiger partial charge >= 0.3 is 0 Å². The van der Waals surface area contributed by atoms with Gasteiger partial charge in [0.05, 0.1) is 19.1 Å². The van der Waals surface area contributed by atoms with E-state index in [1.54, 1.807) is 0 Å². The molecule has 1 aliphatic heterocycles. The third kappa shape index (κ3) is 4.23. The summed E-state index contributed by atoms with van der Waals surface area (Å²) in [7, 11) is 0. The van der Waals surface area contributed by atoms with Crippen LogP contribution >= 0.6 is 0 Å². The summed E-state index contributed by atoms with van der Waals surface area (Å²) in [5.74, 6) is 0.954. The number of aliphatic hydroxyl groups is 1. The van der Waals surface area contributed by atoms with Crippen LogP contribution in [0.3, 0.4) is 0 Å². The highest BCUT2D eigenvalue weighted by atomic mass is 16.5. The highest BCUT2D eigenvalue weighted by molar-refractivity contribution is 5.79. The Morgan fingerprint density at radius 1 is 1.40 bits per heavy atom. The molecule has 0 bridgehead atoms. The Morgan fingerprint density at radius 2 is 2.15 bits per heavy atom. The number of nitrogens with zero attached hydrogens (tertiary/aromatic N) is 1. The normalized spacial score (nSPS) is 16.2. The van der Waals surface area contributed by atoms with Crippen LogP contribution < -0.4 is 4.74 Å².